The number of morpholine rings is 1. The summed E-state index contributed by atoms with van der Waals surface area (Å²) >= 11 is 1.96. The highest BCUT2D eigenvalue weighted by molar-refractivity contribution is 7.99. The van der Waals surface area contributed by atoms with Crippen molar-refractivity contribution in [2.75, 3.05) is 58.7 Å². The van der Waals surface area contributed by atoms with E-state index in [-0.39, 0.29) is 0 Å². The van der Waals surface area contributed by atoms with E-state index in [1.54, 1.807) is 0 Å². The molecule has 0 N–H and O–H groups in total. The first-order valence-corrected chi connectivity index (χ1v) is 8.99. The van der Waals surface area contributed by atoms with E-state index in [0.717, 1.165) is 26.3 Å². The molecule has 0 radical (unpaired) electrons. The first-order chi connectivity index (χ1) is 10.3. The summed E-state index contributed by atoms with van der Waals surface area (Å²) in [5.41, 5.74) is 0. The van der Waals surface area contributed by atoms with E-state index in [2.05, 4.69) is 47.2 Å². The Morgan fingerprint density at radius 1 is 1.10 bits per heavy atom. The van der Waals surface area contributed by atoms with Gasteiger partial charge in [-0.1, -0.05) is 18.2 Å². The van der Waals surface area contributed by atoms with E-state index in [0.29, 0.717) is 0 Å². The third-order valence-electron chi connectivity index (χ3n) is 3.81. The van der Waals surface area contributed by atoms with Crippen LogP contribution in [0.25, 0.3) is 0 Å². The van der Waals surface area contributed by atoms with Crippen molar-refractivity contribution >= 4 is 11.8 Å². The van der Waals surface area contributed by atoms with Crippen LogP contribution in [0, 0.1) is 0 Å². The Hall–Kier alpha value is -0.550. The molecule has 1 aliphatic rings. The van der Waals surface area contributed by atoms with Crippen LogP contribution < -0.4 is 0 Å². The quantitative estimate of drug-likeness (QED) is 0.515. The zero-order chi connectivity index (χ0) is 14.8. The molecule has 0 atom stereocenters. The summed E-state index contributed by atoms with van der Waals surface area (Å²) in [6.45, 7) is 7.65. The highest BCUT2D eigenvalue weighted by Gasteiger charge is 2.09. The summed E-state index contributed by atoms with van der Waals surface area (Å²) in [5.74, 6) is 1.21. The van der Waals surface area contributed by atoms with Crippen molar-refractivity contribution in [2.45, 2.75) is 17.7 Å². The number of hydrogen-bond acceptors (Lipinski definition) is 4. The maximum absolute atomic E-state index is 5.37. The van der Waals surface area contributed by atoms with Gasteiger partial charge < -0.3 is 9.64 Å². The highest BCUT2D eigenvalue weighted by Crippen LogP contribution is 2.17. The van der Waals surface area contributed by atoms with Crippen molar-refractivity contribution in [1.29, 1.82) is 0 Å². The molecule has 0 bridgehead atoms. The molecule has 0 unspecified atom stereocenters. The molecule has 118 valence electrons. The van der Waals surface area contributed by atoms with Gasteiger partial charge in [0.05, 0.1) is 13.2 Å². The minimum Gasteiger partial charge on any atom is -0.379 e. The van der Waals surface area contributed by atoms with E-state index in [1.165, 1.54) is 43.1 Å². The van der Waals surface area contributed by atoms with Crippen LogP contribution in [0.2, 0.25) is 0 Å². The number of hydrogen-bond donors (Lipinski definition) is 0. The van der Waals surface area contributed by atoms with Crippen molar-refractivity contribution < 1.29 is 4.74 Å². The van der Waals surface area contributed by atoms with E-state index in [9.17, 15) is 0 Å². The molecule has 1 aliphatic heterocycles. The van der Waals surface area contributed by atoms with Crippen LogP contribution in [-0.2, 0) is 4.74 Å². The molecule has 4 heteroatoms. The van der Waals surface area contributed by atoms with Gasteiger partial charge >= 0.3 is 0 Å². The van der Waals surface area contributed by atoms with Crippen molar-refractivity contribution in [3.8, 4) is 0 Å². The lowest BCUT2D eigenvalue weighted by Gasteiger charge is -2.27. The third kappa shape index (κ3) is 7.32. The monoisotopic (exact) mass is 308 g/mol. The lowest BCUT2D eigenvalue weighted by molar-refractivity contribution is 0.0364. The van der Waals surface area contributed by atoms with Gasteiger partial charge in [-0.25, -0.2) is 0 Å². The fourth-order valence-electron chi connectivity index (χ4n) is 2.54. The topological polar surface area (TPSA) is 15.7 Å². The molecule has 3 nitrogen and oxygen atoms in total. The Kier molecular flexibility index (Phi) is 8.18. The van der Waals surface area contributed by atoms with Gasteiger partial charge in [-0.15, -0.1) is 11.8 Å². The van der Waals surface area contributed by atoms with E-state index in [4.69, 9.17) is 4.74 Å². The zero-order valence-corrected chi connectivity index (χ0v) is 14.0. The molecular formula is C17H28N2OS. The molecule has 0 saturated carbocycles. The summed E-state index contributed by atoms with van der Waals surface area (Å²) in [4.78, 5) is 6.36. The summed E-state index contributed by atoms with van der Waals surface area (Å²) in [6, 6.07) is 10.7. The van der Waals surface area contributed by atoms with Crippen molar-refractivity contribution in [2.24, 2.45) is 0 Å². The summed E-state index contributed by atoms with van der Waals surface area (Å²) in [6.07, 6.45) is 2.52. The average molecular weight is 308 g/mol. The van der Waals surface area contributed by atoms with Gasteiger partial charge in [0.25, 0.3) is 0 Å². The highest BCUT2D eigenvalue weighted by atomic mass is 32.2. The van der Waals surface area contributed by atoms with Crippen LogP contribution in [0.4, 0.5) is 0 Å². The van der Waals surface area contributed by atoms with E-state index < -0.39 is 0 Å². The van der Waals surface area contributed by atoms with E-state index >= 15 is 0 Å². The molecule has 0 spiro atoms. The molecule has 0 aromatic heterocycles. The fourth-order valence-corrected chi connectivity index (χ4v) is 3.40. The molecular weight excluding hydrogens is 280 g/mol. The molecule has 1 aromatic rings. The van der Waals surface area contributed by atoms with Crippen LogP contribution in [0.5, 0.6) is 0 Å². The Bertz CT molecular complexity index is 368. The van der Waals surface area contributed by atoms with Gasteiger partial charge in [0.15, 0.2) is 0 Å². The van der Waals surface area contributed by atoms with Crippen LogP contribution >= 0.6 is 11.8 Å². The lowest BCUT2D eigenvalue weighted by Crippen LogP contribution is -2.38. The third-order valence-corrected chi connectivity index (χ3v) is 4.91. The lowest BCUT2D eigenvalue weighted by atomic mass is 10.3. The molecule has 2 rings (SSSR count). The SMILES string of the molecule is CN(CCCSc1ccccc1)CCCN1CCOCC1. The second-order valence-electron chi connectivity index (χ2n) is 5.63. The molecule has 1 saturated heterocycles. The maximum atomic E-state index is 5.37. The van der Waals surface area contributed by atoms with Gasteiger partial charge in [0.1, 0.15) is 0 Å². The second-order valence-corrected chi connectivity index (χ2v) is 6.79. The van der Waals surface area contributed by atoms with Gasteiger partial charge in [0.2, 0.25) is 0 Å². The number of nitrogens with zero attached hydrogens (tertiary/aromatic N) is 2. The van der Waals surface area contributed by atoms with E-state index in [1.807, 2.05) is 11.8 Å². The molecule has 21 heavy (non-hydrogen) atoms. The van der Waals surface area contributed by atoms with Gasteiger partial charge in [-0.2, -0.15) is 0 Å². The fraction of sp³-hybridized carbons (Fsp3) is 0.647. The van der Waals surface area contributed by atoms with Crippen LogP contribution in [-0.4, -0.2) is 68.5 Å². The number of thioether (sulfide) groups is 1. The molecule has 0 aliphatic carbocycles. The number of benzene rings is 1. The first kappa shape index (κ1) is 16.8. The molecule has 1 heterocycles. The predicted octanol–water partition coefficient (Wildman–Crippen LogP) is 2.82. The smallest absolute Gasteiger partial charge is 0.0594 e. The number of rotatable bonds is 9. The maximum Gasteiger partial charge on any atom is 0.0594 e. The Balaban J connectivity index is 1.46. The van der Waals surface area contributed by atoms with Crippen LogP contribution in [0.1, 0.15) is 12.8 Å². The Morgan fingerprint density at radius 3 is 2.57 bits per heavy atom. The predicted molar refractivity (Wildman–Crippen MR) is 91.2 cm³/mol. The van der Waals surface area contributed by atoms with Crippen molar-refractivity contribution in [3.05, 3.63) is 30.3 Å². The largest absolute Gasteiger partial charge is 0.379 e. The Morgan fingerprint density at radius 2 is 1.81 bits per heavy atom. The molecule has 1 aromatic carbocycles. The van der Waals surface area contributed by atoms with Gasteiger partial charge in [-0.05, 0) is 57.4 Å². The summed E-state index contributed by atoms with van der Waals surface area (Å²) in [5, 5.41) is 0. The normalized spacial score (nSPS) is 16.5. The standard InChI is InChI=1S/C17H28N2OS/c1-18(9-5-11-19-12-14-20-15-13-19)10-6-16-21-17-7-3-2-4-8-17/h2-4,7-8H,5-6,9-16H2,1H3. The van der Waals surface area contributed by atoms with Gasteiger partial charge in [-0.3, -0.25) is 4.90 Å². The molecule has 1 fully saturated rings. The summed E-state index contributed by atoms with van der Waals surface area (Å²) in [7, 11) is 2.24. The zero-order valence-electron chi connectivity index (χ0n) is 13.2. The van der Waals surface area contributed by atoms with Crippen LogP contribution in [0.3, 0.4) is 0 Å². The minimum absolute atomic E-state index is 0.909. The van der Waals surface area contributed by atoms with Gasteiger partial charge in [0, 0.05) is 18.0 Å². The average Bonchev–Trinajstić information content (AvgIpc) is 2.54. The molecule has 0 amide bonds. The minimum atomic E-state index is 0.909. The Labute approximate surface area is 133 Å². The second kappa shape index (κ2) is 10.2. The number of ether oxygens (including phenoxy) is 1. The van der Waals surface area contributed by atoms with Crippen LogP contribution in [0.15, 0.2) is 35.2 Å². The van der Waals surface area contributed by atoms with Crippen molar-refractivity contribution in [1.82, 2.24) is 9.80 Å². The first-order valence-electron chi connectivity index (χ1n) is 8.01. The summed E-state index contributed by atoms with van der Waals surface area (Å²) < 4.78 is 5.37. The van der Waals surface area contributed by atoms with Crippen molar-refractivity contribution in [3.63, 3.8) is 0 Å².